The summed E-state index contributed by atoms with van der Waals surface area (Å²) in [6.07, 6.45) is 4.00. The summed E-state index contributed by atoms with van der Waals surface area (Å²) in [4.78, 5) is 26.1. The van der Waals surface area contributed by atoms with Gasteiger partial charge in [-0.2, -0.15) is 0 Å². The fourth-order valence-corrected chi connectivity index (χ4v) is 4.46. The van der Waals surface area contributed by atoms with Gasteiger partial charge in [0.25, 0.3) is 0 Å². The number of ether oxygens (including phenoxy) is 2. The third kappa shape index (κ3) is 5.58. The maximum atomic E-state index is 12.7. The average Bonchev–Trinajstić information content (AvgIpc) is 3.11. The van der Waals surface area contributed by atoms with Crippen LogP contribution in [0.15, 0.2) is 54.6 Å². The van der Waals surface area contributed by atoms with Crippen LogP contribution in [-0.2, 0) is 9.53 Å². The molecule has 1 heterocycles. The second kappa shape index (κ2) is 11.0. The minimum absolute atomic E-state index is 0.311. The van der Waals surface area contributed by atoms with E-state index in [1.807, 2.05) is 50.2 Å². The van der Waals surface area contributed by atoms with Crippen LogP contribution in [0.3, 0.4) is 0 Å². The molecule has 0 radical (unpaired) electrons. The molecule has 32 heavy (non-hydrogen) atoms. The quantitative estimate of drug-likeness (QED) is 0.298. The van der Waals surface area contributed by atoms with Gasteiger partial charge in [0, 0.05) is 27.1 Å². The highest BCUT2D eigenvalue weighted by Gasteiger charge is 2.25. The van der Waals surface area contributed by atoms with Crippen molar-refractivity contribution in [2.75, 3.05) is 19.0 Å². The summed E-state index contributed by atoms with van der Waals surface area (Å²) in [6.45, 7) is 4.52. The van der Waals surface area contributed by atoms with E-state index in [0.29, 0.717) is 33.5 Å². The van der Waals surface area contributed by atoms with Crippen LogP contribution in [0.1, 0.15) is 34.1 Å². The van der Waals surface area contributed by atoms with Crippen LogP contribution in [-0.4, -0.2) is 25.6 Å². The first-order valence-electron chi connectivity index (χ1n) is 10.1. The standard InChI is InChI=1S/C25H24ClNO4S/c1-4-14-31-20-11-6-5-8-17(20)12-13-21(28)27-24-23(25(29)30-3)22(16(2)32-24)18-9-7-10-19(26)15-18/h5-13,15H,4,14H2,1-3H3,(H,27,28)/b13-12+. The Labute approximate surface area is 196 Å². The van der Waals surface area contributed by atoms with Crippen LogP contribution in [0.2, 0.25) is 5.02 Å². The van der Waals surface area contributed by atoms with Gasteiger partial charge >= 0.3 is 5.97 Å². The molecule has 2 aromatic carbocycles. The Morgan fingerprint density at radius 2 is 1.94 bits per heavy atom. The van der Waals surface area contributed by atoms with Crippen molar-refractivity contribution in [3.63, 3.8) is 0 Å². The number of hydrogen-bond donors (Lipinski definition) is 1. The molecule has 0 bridgehead atoms. The highest BCUT2D eigenvalue weighted by atomic mass is 35.5. The van der Waals surface area contributed by atoms with Gasteiger partial charge in [-0.05, 0) is 43.2 Å². The number of esters is 1. The first-order chi connectivity index (χ1) is 15.4. The largest absolute Gasteiger partial charge is 0.493 e. The third-order valence-electron chi connectivity index (χ3n) is 4.62. The number of halogens is 1. The molecular weight excluding hydrogens is 446 g/mol. The minimum atomic E-state index is -0.526. The second-order valence-corrected chi connectivity index (χ2v) is 8.61. The lowest BCUT2D eigenvalue weighted by molar-refractivity contribution is -0.111. The summed E-state index contributed by atoms with van der Waals surface area (Å²) in [6, 6.07) is 14.7. The van der Waals surface area contributed by atoms with E-state index in [-0.39, 0.29) is 5.91 Å². The van der Waals surface area contributed by atoms with E-state index < -0.39 is 5.97 Å². The molecule has 0 fully saturated rings. The number of methoxy groups -OCH3 is 1. The Morgan fingerprint density at radius 1 is 1.16 bits per heavy atom. The van der Waals surface area contributed by atoms with Crippen LogP contribution in [0.4, 0.5) is 5.00 Å². The molecule has 166 valence electrons. The molecule has 3 aromatic rings. The second-order valence-electron chi connectivity index (χ2n) is 6.95. The Hall–Kier alpha value is -3.09. The molecule has 0 saturated heterocycles. The first-order valence-corrected chi connectivity index (χ1v) is 11.3. The average molecular weight is 470 g/mol. The van der Waals surface area contributed by atoms with Crippen LogP contribution in [0.5, 0.6) is 5.75 Å². The third-order valence-corrected chi connectivity index (χ3v) is 5.87. The lowest BCUT2D eigenvalue weighted by Gasteiger charge is -2.08. The van der Waals surface area contributed by atoms with Gasteiger partial charge in [0.1, 0.15) is 16.3 Å². The normalized spacial score (nSPS) is 10.9. The molecule has 0 atom stereocenters. The summed E-state index contributed by atoms with van der Waals surface area (Å²) < 4.78 is 10.7. The molecule has 0 spiro atoms. The van der Waals surface area contributed by atoms with Gasteiger partial charge in [-0.1, -0.05) is 48.9 Å². The Kier molecular flexibility index (Phi) is 8.09. The number of rotatable bonds is 8. The van der Waals surface area contributed by atoms with Gasteiger partial charge in [0.05, 0.1) is 13.7 Å². The van der Waals surface area contributed by atoms with Crippen molar-refractivity contribution < 1.29 is 19.1 Å². The summed E-state index contributed by atoms with van der Waals surface area (Å²) in [5.74, 6) is -0.176. The van der Waals surface area contributed by atoms with Crippen molar-refractivity contribution in [2.45, 2.75) is 20.3 Å². The minimum Gasteiger partial charge on any atom is -0.493 e. The zero-order chi connectivity index (χ0) is 23.1. The molecule has 0 aliphatic rings. The van der Waals surface area contributed by atoms with E-state index >= 15 is 0 Å². The number of nitrogens with one attached hydrogen (secondary N) is 1. The molecule has 1 amide bonds. The van der Waals surface area contributed by atoms with E-state index in [1.54, 1.807) is 18.2 Å². The predicted molar refractivity (Wildman–Crippen MR) is 131 cm³/mol. The maximum absolute atomic E-state index is 12.7. The molecule has 1 aromatic heterocycles. The molecule has 7 heteroatoms. The molecular formula is C25H24ClNO4S. The zero-order valence-corrected chi connectivity index (χ0v) is 19.7. The summed E-state index contributed by atoms with van der Waals surface area (Å²) in [5, 5.41) is 3.80. The number of anilines is 1. The molecule has 0 aliphatic heterocycles. The topological polar surface area (TPSA) is 64.6 Å². The maximum Gasteiger partial charge on any atom is 0.341 e. The van der Waals surface area contributed by atoms with Gasteiger partial charge < -0.3 is 14.8 Å². The SMILES string of the molecule is CCCOc1ccccc1/C=C/C(=O)Nc1sc(C)c(-c2cccc(Cl)c2)c1C(=O)OC. The molecule has 3 rings (SSSR count). The van der Waals surface area contributed by atoms with Gasteiger partial charge in [-0.3, -0.25) is 4.79 Å². The van der Waals surface area contributed by atoms with Gasteiger partial charge in [0.2, 0.25) is 5.91 Å². The van der Waals surface area contributed by atoms with E-state index in [0.717, 1.165) is 22.4 Å². The smallest absolute Gasteiger partial charge is 0.341 e. The fourth-order valence-electron chi connectivity index (χ4n) is 3.20. The molecule has 1 N–H and O–H groups in total. The molecule has 0 saturated carbocycles. The number of thiophene rings is 1. The lowest BCUT2D eigenvalue weighted by atomic mass is 10.0. The van der Waals surface area contributed by atoms with E-state index in [2.05, 4.69) is 5.32 Å². The van der Waals surface area contributed by atoms with Gasteiger partial charge in [0.15, 0.2) is 0 Å². The Bertz CT molecular complexity index is 1150. The van der Waals surface area contributed by atoms with Crippen molar-refractivity contribution in [1.82, 2.24) is 0 Å². The number of amides is 1. The molecule has 0 unspecified atom stereocenters. The number of carbonyl (C=O) groups excluding carboxylic acids is 2. The summed E-state index contributed by atoms with van der Waals surface area (Å²) in [7, 11) is 1.32. The van der Waals surface area contributed by atoms with Gasteiger partial charge in [-0.15, -0.1) is 11.3 Å². The molecule has 0 aliphatic carbocycles. The Balaban J connectivity index is 1.89. The molecule has 5 nitrogen and oxygen atoms in total. The number of carbonyl (C=O) groups is 2. The predicted octanol–water partition coefficient (Wildman–Crippen LogP) is 6.60. The zero-order valence-electron chi connectivity index (χ0n) is 18.1. The van der Waals surface area contributed by atoms with E-state index in [4.69, 9.17) is 21.1 Å². The van der Waals surface area contributed by atoms with Crippen LogP contribution < -0.4 is 10.1 Å². The monoisotopic (exact) mass is 469 g/mol. The van der Waals surface area contributed by atoms with Crippen LogP contribution in [0.25, 0.3) is 17.2 Å². The lowest BCUT2D eigenvalue weighted by Crippen LogP contribution is -2.11. The first kappa shape index (κ1) is 23.6. The number of hydrogen-bond acceptors (Lipinski definition) is 5. The van der Waals surface area contributed by atoms with Crippen molar-refractivity contribution >= 4 is 45.9 Å². The Morgan fingerprint density at radius 3 is 2.66 bits per heavy atom. The highest BCUT2D eigenvalue weighted by Crippen LogP contribution is 2.41. The van der Waals surface area contributed by atoms with Gasteiger partial charge in [-0.25, -0.2) is 4.79 Å². The fraction of sp³-hybridized carbons (Fsp3) is 0.200. The van der Waals surface area contributed by atoms with E-state index in [9.17, 15) is 9.59 Å². The number of aryl methyl sites for hydroxylation is 1. The van der Waals surface area contributed by atoms with Crippen molar-refractivity contribution in [1.29, 1.82) is 0 Å². The van der Waals surface area contributed by atoms with Crippen LogP contribution in [0, 0.1) is 6.92 Å². The number of benzene rings is 2. The summed E-state index contributed by atoms with van der Waals surface area (Å²) in [5.41, 5.74) is 2.59. The van der Waals surface area contributed by atoms with Crippen molar-refractivity contribution in [2.24, 2.45) is 0 Å². The van der Waals surface area contributed by atoms with Crippen molar-refractivity contribution in [3.8, 4) is 16.9 Å². The van der Waals surface area contributed by atoms with E-state index in [1.165, 1.54) is 24.5 Å². The highest BCUT2D eigenvalue weighted by molar-refractivity contribution is 7.17. The summed E-state index contributed by atoms with van der Waals surface area (Å²) >= 11 is 7.46. The van der Waals surface area contributed by atoms with Crippen molar-refractivity contribution in [3.05, 3.63) is 75.6 Å². The number of para-hydroxylation sites is 1. The van der Waals surface area contributed by atoms with Crippen LogP contribution >= 0.6 is 22.9 Å².